The molecule has 21 heavy (non-hydrogen) atoms. The first-order valence-electron chi connectivity index (χ1n) is 7.20. The van der Waals surface area contributed by atoms with Gasteiger partial charge in [0.15, 0.2) is 0 Å². The van der Waals surface area contributed by atoms with Crippen LogP contribution in [0.15, 0.2) is 36.4 Å². The molecule has 1 aliphatic heterocycles. The summed E-state index contributed by atoms with van der Waals surface area (Å²) in [4.78, 5) is 2.29. The molecule has 0 atom stereocenters. The predicted octanol–water partition coefficient (Wildman–Crippen LogP) is 2.88. The van der Waals surface area contributed by atoms with Crippen molar-refractivity contribution in [3.8, 4) is 5.88 Å². The molecule has 1 aliphatic rings. The van der Waals surface area contributed by atoms with Gasteiger partial charge in [0.25, 0.3) is 5.88 Å². The molecule has 0 unspecified atom stereocenters. The van der Waals surface area contributed by atoms with Crippen LogP contribution in [0.5, 0.6) is 5.88 Å². The second-order valence-corrected chi connectivity index (χ2v) is 5.79. The summed E-state index contributed by atoms with van der Waals surface area (Å²) in [7, 11) is 2.13. The lowest BCUT2D eigenvalue weighted by atomic mass is 10.1. The summed E-state index contributed by atoms with van der Waals surface area (Å²) in [6.07, 6.45) is 4.20. The monoisotopic (exact) mass is 301 g/mol. The van der Waals surface area contributed by atoms with E-state index in [-0.39, 0.29) is 0 Å². The van der Waals surface area contributed by atoms with Crippen molar-refractivity contribution in [2.75, 3.05) is 26.7 Å². The summed E-state index contributed by atoms with van der Waals surface area (Å²) < 4.78 is 14.6. The maximum Gasteiger partial charge on any atom is 0.253 e. The molecule has 110 valence electrons. The Morgan fingerprint density at radius 3 is 2.90 bits per heavy atom. The first kappa shape index (κ1) is 14.2. The van der Waals surface area contributed by atoms with E-state index in [1.165, 1.54) is 22.9 Å². The lowest BCUT2D eigenvalue weighted by Crippen LogP contribution is -2.25. The Kier molecular flexibility index (Phi) is 4.62. The lowest BCUT2D eigenvalue weighted by molar-refractivity contribution is 0.310. The minimum absolute atomic E-state index is 0.631. The van der Waals surface area contributed by atoms with E-state index in [4.69, 9.17) is 4.74 Å². The molecule has 4 nitrogen and oxygen atoms in total. The van der Waals surface area contributed by atoms with Crippen LogP contribution >= 0.6 is 11.7 Å². The number of hydrogen-bond donors (Lipinski definition) is 0. The van der Waals surface area contributed by atoms with Crippen molar-refractivity contribution in [1.29, 1.82) is 0 Å². The molecule has 5 heteroatoms. The van der Waals surface area contributed by atoms with E-state index in [0.29, 0.717) is 12.5 Å². The molecule has 2 heterocycles. The molecule has 0 saturated heterocycles. The zero-order valence-electron chi connectivity index (χ0n) is 12.2. The van der Waals surface area contributed by atoms with Crippen molar-refractivity contribution in [3.05, 3.63) is 47.7 Å². The molecule has 0 bridgehead atoms. The summed E-state index contributed by atoms with van der Waals surface area (Å²) in [6.45, 7) is 2.65. The molecule has 0 N–H and O–H groups in total. The highest BCUT2D eigenvalue weighted by Crippen LogP contribution is 2.26. The highest BCUT2D eigenvalue weighted by atomic mass is 32.1. The average Bonchev–Trinajstić information content (AvgIpc) is 2.97. The van der Waals surface area contributed by atoms with E-state index in [2.05, 4.69) is 38.9 Å². The SMILES string of the molecule is CN1CCC=C(c2nsnc2OCCc2ccccc2)C1. The van der Waals surface area contributed by atoms with E-state index in [0.717, 1.165) is 31.6 Å². The highest BCUT2D eigenvalue weighted by molar-refractivity contribution is 6.99. The Morgan fingerprint density at radius 2 is 2.10 bits per heavy atom. The van der Waals surface area contributed by atoms with Crippen LogP contribution in [-0.4, -0.2) is 40.4 Å². The van der Waals surface area contributed by atoms with Gasteiger partial charge in [-0.2, -0.15) is 4.37 Å². The normalized spacial score (nSPS) is 15.8. The zero-order valence-corrected chi connectivity index (χ0v) is 13.0. The predicted molar refractivity (Wildman–Crippen MR) is 85.6 cm³/mol. The topological polar surface area (TPSA) is 38.2 Å². The molecule has 0 saturated carbocycles. The van der Waals surface area contributed by atoms with Crippen molar-refractivity contribution >= 4 is 17.3 Å². The van der Waals surface area contributed by atoms with Crippen LogP contribution in [0, 0.1) is 0 Å². The van der Waals surface area contributed by atoms with Crippen LogP contribution in [0.4, 0.5) is 0 Å². The molecule has 0 spiro atoms. The van der Waals surface area contributed by atoms with Gasteiger partial charge in [0, 0.05) is 19.5 Å². The van der Waals surface area contributed by atoms with E-state index < -0.39 is 0 Å². The van der Waals surface area contributed by atoms with Gasteiger partial charge in [-0.25, -0.2) is 0 Å². The number of aromatic nitrogens is 2. The summed E-state index contributed by atoms with van der Waals surface area (Å²) in [5, 5.41) is 0. The number of likely N-dealkylation sites (N-methyl/N-ethyl adjacent to an activating group) is 1. The third-order valence-electron chi connectivity index (χ3n) is 3.58. The fourth-order valence-electron chi connectivity index (χ4n) is 2.45. The number of hydrogen-bond acceptors (Lipinski definition) is 5. The Bertz CT molecular complexity index is 609. The minimum atomic E-state index is 0.631. The Morgan fingerprint density at radius 1 is 1.24 bits per heavy atom. The van der Waals surface area contributed by atoms with Gasteiger partial charge < -0.3 is 9.64 Å². The number of benzene rings is 1. The van der Waals surface area contributed by atoms with Crippen LogP contribution in [0.1, 0.15) is 17.7 Å². The summed E-state index contributed by atoms with van der Waals surface area (Å²) >= 11 is 1.22. The quantitative estimate of drug-likeness (QED) is 0.851. The van der Waals surface area contributed by atoms with Gasteiger partial charge in [-0.1, -0.05) is 36.4 Å². The van der Waals surface area contributed by atoms with Gasteiger partial charge in [-0.05, 0) is 24.6 Å². The van der Waals surface area contributed by atoms with Gasteiger partial charge in [0.1, 0.15) is 5.69 Å². The van der Waals surface area contributed by atoms with Gasteiger partial charge >= 0.3 is 0 Å². The van der Waals surface area contributed by atoms with Crippen LogP contribution in [0.3, 0.4) is 0 Å². The summed E-state index contributed by atoms with van der Waals surface area (Å²) in [5.74, 6) is 0.678. The van der Waals surface area contributed by atoms with Gasteiger partial charge in [-0.3, -0.25) is 0 Å². The van der Waals surface area contributed by atoms with Crippen molar-refractivity contribution in [2.45, 2.75) is 12.8 Å². The van der Waals surface area contributed by atoms with E-state index >= 15 is 0 Å². The van der Waals surface area contributed by atoms with Crippen molar-refractivity contribution in [1.82, 2.24) is 13.6 Å². The molecular weight excluding hydrogens is 282 g/mol. The highest BCUT2D eigenvalue weighted by Gasteiger charge is 2.18. The number of ether oxygens (including phenoxy) is 1. The molecule has 2 aromatic rings. The van der Waals surface area contributed by atoms with Crippen LogP contribution in [-0.2, 0) is 6.42 Å². The van der Waals surface area contributed by atoms with E-state index in [1.54, 1.807) is 0 Å². The van der Waals surface area contributed by atoms with Crippen molar-refractivity contribution in [3.63, 3.8) is 0 Å². The smallest absolute Gasteiger partial charge is 0.253 e. The van der Waals surface area contributed by atoms with Crippen molar-refractivity contribution in [2.24, 2.45) is 0 Å². The van der Waals surface area contributed by atoms with Crippen LogP contribution < -0.4 is 4.74 Å². The first-order chi connectivity index (χ1) is 10.3. The standard InChI is InChI=1S/C16H19N3OS/c1-19-10-5-8-14(12-19)15-16(18-21-17-15)20-11-9-13-6-3-2-4-7-13/h2-4,6-8H,5,9-12H2,1H3. The second kappa shape index (κ2) is 6.83. The first-order valence-corrected chi connectivity index (χ1v) is 7.93. The molecule has 0 fully saturated rings. The molecule has 0 aliphatic carbocycles. The fraction of sp³-hybridized carbons (Fsp3) is 0.375. The van der Waals surface area contributed by atoms with E-state index in [9.17, 15) is 0 Å². The van der Waals surface area contributed by atoms with Gasteiger partial charge in [-0.15, -0.1) is 4.37 Å². The zero-order chi connectivity index (χ0) is 14.5. The third-order valence-corrected chi connectivity index (χ3v) is 4.09. The second-order valence-electron chi connectivity index (χ2n) is 5.26. The number of rotatable bonds is 5. The Labute approximate surface area is 129 Å². The number of nitrogens with zero attached hydrogens (tertiary/aromatic N) is 3. The maximum absolute atomic E-state index is 5.85. The van der Waals surface area contributed by atoms with E-state index in [1.807, 2.05) is 18.2 Å². The Hall–Kier alpha value is -1.72. The van der Waals surface area contributed by atoms with Crippen LogP contribution in [0.2, 0.25) is 0 Å². The van der Waals surface area contributed by atoms with Gasteiger partial charge in [0.2, 0.25) is 0 Å². The van der Waals surface area contributed by atoms with Gasteiger partial charge in [0.05, 0.1) is 18.3 Å². The molecule has 0 radical (unpaired) electrons. The van der Waals surface area contributed by atoms with Crippen molar-refractivity contribution < 1.29 is 4.74 Å². The largest absolute Gasteiger partial charge is 0.475 e. The molecule has 3 rings (SSSR count). The fourth-order valence-corrected chi connectivity index (χ4v) is 2.98. The maximum atomic E-state index is 5.85. The lowest BCUT2D eigenvalue weighted by Gasteiger charge is -2.22. The molecular formula is C16H19N3OS. The van der Waals surface area contributed by atoms with Crippen LogP contribution in [0.25, 0.3) is 5.57 Å². The third kappa shape index (κ3) is 3.68. The average molecular weight is 301 g/mol. The summed E-state index contributed by atoms with van der Waals surface area (Å²) in [5.41, 5.74) is 3.42. The molecule has 1 aromatic heterocycles. The molecule has 1 aromatic carbocycles. The Balaban J connectivity index is 1.62. The molecule has 0 amide bonds. The minimum Gasteiger partial charge on any atom is -0.475 e. The summed E-state index contributed by atoms with van der Waals surface area (Å²) in [6, 6.07) is 10.4.